The molecule has 2 rings (SSSR count). The van der Waals surface area contributed by atoms with E-state index in [2.05, 4.69) is 16.6 Å². The highest BCUT2D eigenvalue weighted by Crippen LogP contribution is 2.20. The number of nitrogens with one attached hydrogen (secondary N) is 2. The zero-order chi connectivity index (χ0) is 21.4. The van der Waals surface area contributed by atoms with Crippen molar-refractivity contribution in [2.75, 3.05) is 13.2 Å². The molecule has 0 spiro atoms. The molecule has 6 nitrogen and oxygen atoms in total. The fourth-order valence-electron chi connectivity index (χ4n) is 2.23. The van der Waals surface area contributed by atoms with E-state index >= 15 is 0 Å². The van der Waals surface area contributed by atoms with Gasteiger partial charge in [0.15, 0.2) is 6.61 Å². The predicted molar refractivity (Wildman–Crippen MR) is 111 cm³/mol. The number of ether oxygens (including phenoxy) is 1. The van der Waals surface area contributed by atoms with Crippen LogP contribution < -0.4 is 14.8 Å². The van der Waals surface area contributed by atoms with Gasteiger partial charge in [0.1, 0.15) is 11.6 Å². The molecule has 0 aliphatic rings. The van der Waals surface area contributed by atoms with E-state index in [-0.39, 0.29) is 41.8 Å². The molecule has 2 N–H and O–H groups in total. The van der Waals surface area contributed by atoms with Crippen LogP contribution in [0.15, 0.2) is 54.7 Å². The number of benzene rings is 2. The summed E-state index contributed by atoms with van der Waals surface area (Å²) in [5, 5.41) is 3.03. The van der Waals surface area contributed by atoms with Crippen molar-refractivity contribution < 1.29 is 22.3 Å². The molecule has 0 bridgehead atoms. The van der Waals surface area contributed by atoms with Crippen LogP contribution in [0, 0.1) is 5.82 Å². The minimum Gasteiger partial charge on any atom is -0.484 e. The molecule has 0 aromatic heterocycles. The first-order valence-electron chi connectivity index (χ1n) is 8.42. The van der Waals surface area contributed by atoms with Crippen LogP contribution in [-0.2, 0) is 20.6 Å². The molecule has 10 heteroatoms. The summed E-state index contributed by atoms with van der Waals surface area (Å²) in [5.74, 6) is -1.15. The van der Waals surface area contributed by atoms with Gasteiger partial charge in [-0.3, -0.25) is 9.52 Å². The van der Waals surface area contributed by atoms with Crippen LogP contribution in [0.3, 0.4) is 0 Å². The Bertz CT molecular complexity index is 982. The van der Waals surface area contributed by atoms with Gasteiger partial charge in [-0.1, -0.05) is 41.9 Å². The maximum atomic E-state index is 13.3. The van der Waals surface area contributed by atoms with Crippen molar-refractivity contribution >= 4 is 39.1 Å². The van der Waals surface area contributed by atoms with Crippen LogP contribution >= 0.6 is 23.2 Å². The Balaban J connectivity index is 1.70. The van der Waals surface area contributed by atoms with Crippen LogP contribution in [0.4, 0.5) is 4.39 Å². The molecule has 29 heavy (non-hydrogen) atoms. The number of halogens is 3. The lowest BCUT2D eigenvalue weighted by Crippen LogP contribution is -2.31. The number of amides is 1. The molecule has 0 aliphatic heterocycles. The Morgan fingerprint density at radius 1 is 1.14 bits per heavy atom. The van der Waals surface area contributed by atoms with Gasteiger partial charge in [-0.15, -0.1) is 0 Å². The van der Waals surface area contributed by atoms with Crippen molar-refractivity contribution in [1.29, 1.82) is 0 Å². The van der Waals surface area contributed by atoms with Gasteiger partial charge < -0.3 is 10.1 Å². The summed E-state index contributed by atoms with van der Waals surface area (Å²) in [6.45, 7) is 3.48. The average Bonchev–Trinajstić information content (AvgIpc) is 2.64. The van der Waals surface area contributed by atoms with Crippen molar-refractivity contribution in [3.63, 3.8) is 0 Å². The van der Waals surface area contributed by atoms with Gasteiger partial charge in [0.05, 0.1) is 10.8 Å². The van der Waals surface area contributed by atoms with Crippen LogP contribution in [0.5, 0.6) is 5.75 Å². The fourth-order valence-corrected chi connectivity index (χ4v) is 3.72. The number of sulfonamides is 1. The van der Waals surface area contributed by atoms with Crippen molar-refractivity contribution in [3.8, 4) is 5.75 Å². The molecule has 0 saturated carbocycles. The lowest BCUT2D eigenvalue weighted by atomic mass is 10.2. The third-order valence-electron chi connectivity index (χ3n) is 3.58. The van der Waals surface area contributed by atoms with E-state index in [1.807, 2.05) is 0 Å². The molecule has 0 fully saturated rings. The number of carbonyl (C=O) groups is 1. The Morgan fingerprint density at radius 2 is 1.83 bits per heavy atom. The molecule has 0 aliphatic carbocycles. The molecule has 156 valence electrons. The van der Waals surface area contributed by atoms with Crippen molar-refractivity contribution in [1.82, 2.24) is 10.0 Å². The minimum atomic E-state index is -3.63. The molecule has 0 saturated heterocycles. The summed E-state index contributed by atoms with van der Waals surface area (Å²) in [7, 11) is -3.63. The van der Waals surface area contributed by atoms with Crippen molar-refractivity contribution in [3.05, 3.63) is 76.2 Å². The lowest BCUT2D eigenvalue weighted by molar-refractivity contribution is -0.123. The Hall–Kier alpha value is -2.29. The van der Waals surface area contributed by atoms with Crippen molar-refractivity contribution in [2.24, 2.45) is 0 Å². The second-order valence-corrected chi connectivity index (χ2v) is 8.62. The first kappa shape index (κ1) is 23.0. The Morgan fingerprint density at radius 3 is 2.48 bits per heavy atom. The van der Waals surface area contributed by atoms with Gasteiger partial charge in [-0.05, 0) is 29.8 Å². The van der Waals surface area contributed by atoms with E-state index in [1.165, 1.54) is 12.1 Å². The lowest BCUT2D eigenvalue weighted by Gasteiger charge is -2.12. The van der Waals surface area contributed by atoms with E-state index in [1.54, 1.807) is 24.3 Å². The Kier molecular flexibility index (Phi) is 8.31. The summed E-state index contributed by atoms with van der Waals surface area (Å²) in [5.41, 5.74) is 0.818. The first-order valence-corrected chi connectivity index (χ1v) is 10.8. The van der Waals surface area contributed by atoms with E-state index in [0.29, 0.717) is 10.6 Å². The van der Waals surface area contributed by atoms with Crippen LogP contribution in [0.25, 0.3) is 0 Å². The average molecular weight is 461 g/mol. The van der Waals surface area contributed by atoms with Gasteiger partial charge in [-0.25, -0.2) is 12.8 Å². The molecular formula is C19H19Cl2FN2O4S. The monoisotopic (exact) mass is 460 g/mol. The molecule has 2 aromatic carbocycles. The van der Waals surface area contributed by atoms with Crippen LogP contribution in [0.2, 0.25) is 10.0 Å². The first-order chi connectivity index (χ1) is 13.6. The maximum Gasteiger partial charge on any atom is 0.257 e. The highest BCUT2D eigenvalue weighted by Gasteiger charge is 2.13. The predicted octanol–water partition coefficient (Wildman–Crippen LogP) is 3.65. The van der Waals surface area contributed by atoms with E-state index < -0.39 is 21.7 Å². The van der Waals surface area contributed by atoms with Gasteiger partial charge in [0, 0.05) is 29.8 Å². The largest absolute Gasteiger partial charge is 0.484 e. The molecule has 0 radical (unpaired) electrons. The third kappa shape index (κ3) is 8.31. The molecule has 0 unspecified atom stereocenters. The van der Waals surface area contributed by atoms with E-state index in [9.17, 15) is 17.6 Å². The summed E-state index contributed by atoms with van der Waals surface area (Å²) in [6.07, 6.45) is 0.196. The van der Waals surface area contributed by atoms with E-state index in [4.69, 9.17) is 27.9 Å². The highest BCUT2D eigenvalue weighted by atomic mass is 35.5. The van der Waals surface area contributed by atoms with Crippen LogP contribution in [-0.4, -0.2) is 27.5 Å². The van der Waals surface area contributed by atoms with Crippen LogP contribution in [0.1, 0.15) is 12.0 Å². The standard InChI is InChI=1S/C19H19Cl2FN2O4S/c1-13(24-29(26,27)12-14-2-4-15(20)5-3-14)8-9-23-19(25)11-28-16-6-7-17(21)18(22)10-16/h2-7,10,24H,1,8-9,11-12H2,(H,23,25). The summed E-state index contributed by atoms with van der Waals surface area (Å²) in [6, 6.07) is 10.3. The summed E-state index contributed by atoms with van der Waals surface area (Å²) >= 11 is 11.3. The fraction of sp³-hybridized carbons (Fsp3) is 0.211. The SMILES string of the molecule is C=C(CCNC(=O)COc1ccc(Cl)c(F)c1)NS(=O)(=O)Cc1ccc(Cl)cc1. The van der Waals surface area contributed by atoms with E-state index in [0.717, 1.165) is 6.07 Å². The van der Waals surface area contributed by atoms with Gasteiger partial charge in [-0.2, -0.15) is 0 Å². The summed E-state index contributed by atoms with van der Waals surface area (Å²) in [4.78, 5) is 11.8. The third-order valence-corrected chi connectivity index (χ3v) is 5.45. The Labute approximate surface area is 178 Å². The highest BCUT2D eigenvalue weighted by molar-refractivity contribution is 7.88. The second-order valence-electron chi connectivity index (χ2n) is 6.06. The number of hydrogen-bond acceptors (Lipinski definition) is 4. The zero-order valence-corrected chi connectivity index (χ0v) is 17.6. The quantitative estimate of drug-likeness (QED) is 0.566. The zero-order valence-electron chi connectivity index (χ0n) is 15.3. The second kappa shape index (κ2) is 10.5. The number of carbonyl (C=O) groups excluding carboxylic acids is 1. The van der Waals surface area contributed by atoms with Gasteiger partial charge in [0.2, 0.25) is 10.0 Å². The molecular weight excluding hydrogens is 442 g/mol. The van der Waals surface area contributed by atoms with Crippen molar-refractivity contribution in [2.45, 2.75) is 12.2 Å². The number of hydrogen-bond donors (Lipinski definition) is 2. The van der Waals surface area contributed by atoms with Gasteiger partial charge in [0.25, 0.3) is 5.91 Å². The topological polar surface area (TPSA) is 84.5 Å². The van der Waals surface area contributed by atoms with Gasteiger partial charge >= 0.3 is 0 Å². The molecule has 0 atom stereocenters. The number of rotatable bonds is 10. The smallest absolute Gasteiger partial charge is 0.257 e. The molecule has 1 amide bonds. The molecule has 0 heterocycles. The normalized spacial score (nSPS) is 11.0. The summed E-state index contributed by atoms with van der Waals surface area (Å²) < 4.78 is 45.1. The maximum absolute atomic E-state index is 13.3. The minimum absolute atomic E-state index is 0.0428. The molecule has 2 aromatic rings.